The molecule has 1 aliphatic heterocycles. The Labute approximate surface area is 127 Å². The molecule has 20 heavy (non-hydrogen) atoms. The summed E-state index contributed by atoms with van der Waals surface area (Å²) in [6.07, 6.45) is 5.11. The number of halogens is 1. The second-order valence-corrected chi connectivity index (χ2v) is 7.17. The van der Waals surface area contributed by atoms with E-state index in [4.69, 9.17) is 4.74 Å². The smallest absolute Gasteiger partial charge is 0.163 e. The van der Waals surface area contributed by atoms with Gasteiger partial charge in [0.2, 0.25) is 0 Å². The average Bonchev–Trinajstić information content (AvgIpc) is 2.37. The molecule has 3 heteroatoms. The summed E-state index contributed by atoms with van der Waals surface area (Å²) in [5.74, 6) is 1.09. The fourth-order valence-corrected chi connectivity index (χ4v) is 3.24. The lowest BCUT2D eigenvalue weighted by Gasteiger charge is -2.35. The molecule has 0 saturated carbocycles. The SMILES string of the molecule is CC1(C)CC(=O)C2=C(C1)OC=CC2c1ccc(Br)cc1. The molecular formula is C17H17BrO2. The zero-order valence-electron chi connectivity index (χ0n) is 11.7. The summed E-state index contributed by atoms with van der Waals surface area (Å²) >= 11 is 3.44. The Morgan fingerprint density at radius 2 is 1.90 bits per heavy atom. The summed E-state index contributed by atoms with van der Waals surface area (Å²) in [7, 11) is 0. The molecule has 1 heterocycles. The number of ketones is 1. The summed E-state index contributed by atoms with van der Waals surface area (Å²) in [4.78, 5) is 12.5. The largest absolute Gasteiger partial charge is 0.469 e. The van der Waals surface area contributed by atoms with Crippen LogP contribution in [0.25, 0.3) is 0 Å². The monoisotopic (exact) mass is 332 g/mol. The van der Waals surface area contributed by atoms with E-state index in [2.05, 4.69) is 41.9 Å². The van der Waals surface area contributed by atoms with E-state index in [1.165, 1.54) is 0 Å². The molecular weight excluding hydrogens is 316 g/mol. The molecule has 1 atom stereocenters. The van der Waals surface area contributed by atoms with Gasteiger partial charge >= 0.3 is 0 Å². The van der Waals surface area contributed by atoms with E-state index in [0.717, 1.165) is 27.8 Å². The molecule has 0 fully saturated rings. The minimum Gasteiger partial charge on any atom is -0.469 e. The number of hydrogen-bond donors (Lipinski definition) is 0. The summed E-state index contributed by atoms with van der Waals surface area (Å²) in [6, 6.07) is 8.14. The van der Waals surface area contributed by atoms with Crippen LogP contribution in [0.15, 0.2) is 52.4 Å². The molecule has 0 N–H and O–H groups in total. The van der Waals surface area contributed by atoms with Crippen molar-refractivity contribution < 1.29 is 9.53 Å². The number of rotatable bonds is 1. The van der Waals surface area contributed by atoms with Gasteiger partial charge in [0.05, 0.1) is 6.26 Å². The lowest BCUT2D eigenvalue weighted by molar-refractivity contribution is -0.118. The van der Waals surface area contributed by atoms with Crippen molar-refractivity contribution in [3.63, 3.8) is 0 Å². The quantitative estimate of drug-likeness (QED) is 0.743. The summed E-state index contributed by atoms with van der Waals surface area (Å²) in [6.45, 7) is 4.23. The molecule has 0 amide bonds. The molecule has 0 radical (unpaired) electrons. The summed E-state index contributed by atoms with van der Waals surface area (Å²) < 4.78 is 6.68. The fourth-order valence-electron chi connectivity index (χ4n) is 2.97. The number of carbonyl (C=O) groups excluding carboxylic acids is 1. The number of ether oxygens (including phenoxy) is 1. The van der Waals surface area contributed by atoms with E-state index in [1.807, 2.05) is 18.2 Å². The van der Waals surface area contributed by atoms with Crippen molar-refractivity contribution in [3.05, 3.63) is 58.0 Å². The number of allylic oxidation sites excluding steroid dienone is 3. The molecule has 2 nitrogen and oxygen atoms in total. The van der Waals surface area contributed by atoms with E-state index in [0.29, 0.717) is 6.42 Å². The first kappa shape index (κ1) is 13.6. The van der Waals surface area contributed by atoms with Crippen molar-refractivity contribution >= 4 is 21.7 Å². The molecule has 1 aliphatic carbocycles. The maximum atomic E-state index is 12.5. The highest BCUT2D eigenvalue weighted by atomic mass is 79.9. The Hall–Kier alpha value is -1.35. The van der Waals surface area contributed by atoms with Crippen LogP contribution in [0.3, 0.4) is 0 Å². The van der Waals surface area contributed by atoms with E-state index in [1.54, 1.807) is 6.26 Å². The first-order valence-corrected chi connectivity index (χ1v) is 7.61. The fraction of sp³-hybridized carbons (Fsp3) is 0.353. The van der Waals surface area contributed by atoms with Gasteiger partial charge in [0.1, 0.15) is 5.76 Å². The van der Waals surface area contributed by atoms with Crippen molar-refractivity contribution in [1.29, 1.82) is 0 Å². The first-order chi connectivity index (χ1) is 9.46. The molecule has 0 bridgehead atoms. The highest BCUT2D eigenvalue weighted by Crippen LogP contribution is 2.44. The molecule has 2 aliphatic rings. The average molecular weight is 333 g/mol. The van der Waals surface area contributed by atoms with E-state index in [-0.39, 0.29) is 17.1 Å². The normalized spacial score (nSPS) is 24.4. The molecule has 1 unspecified atom stereocenters. The van der Waals surface area contributed by atoms with Gasteiger partial charge in [0.15, 0.2) is 5.78 Å². The van der Waals surface area contributed by atoms with Crippen molar-refractivity contribution in [2.45, 2.75) is 32.6 Å². The Morgan fingerprint density at radius 1 is 1.20 bits per heavy atom. The maximum Gasteiger partial charge on any atom is 0.163 e. The van der Waals surface area contributed by atoms with Crippen LogP contribution in [-0.4, -0.2) is 5.78 Å². The summed E-state index contributed by atoms with van der Waals surface area (Å²) in [5.41, 5.74) is 1.97. The first-order valence-electron chi connectivity index (χ1n) is 6.81. The predicted molar refractivity (Wildman–Crippen MR) is 82.2 cm³/mol. The van der Waals surface area contributed by atoms with Crippen LogP contribution in [-0.2, 0) is 9.53 Å². The number of carbonyl (C=O) groups is 1. The zero-order valence-corrected chi connectivity index (χ0v) is 13.2. The molecule has 3 rings (SSSR count). The maximum absolute atomic E-state index is 12.5. The Balaban J connectivity index is 2.02. The molecule has 104 valence electrons. The Morgan fingerprint density at radius 3 is 2.60 bits per heavy atom. The molecule has 0 aromatic heterocycles. The minimum absolute atomic E-state index is 0.00857. The highest BCUT2D eigenvalue weighted by molar-refractivity contribution is 9.10. The van der Waals surface area contributed by atoms with E-state index < -0.39 is 0 Å². The lowest BCUT2D eigenvalue weighted by atomic mass is 9.72. The minimum atomic E-state index is -0.00857. The third-order valence-electron chi connectivity index (χ3n) is 3.90. The summed E-state index contributed by atoms with van der Waals surface area (Å²) in [5, 5.41) is 0. The topological polar surface area (TPSA) is 26.3 Å². The standard InChI is InChI=1S/C17H17BrO2/c1-17(2)9-14(19)16-13(7-8-20-15(16)10-17)11-3-5-12(18)6-4-11/h3-8,13H,9-10H2,1-2H3. The van der Waals surface area contributed by atoms with Crippen LogP contribution in [0.4, 0.5) is 0 Å². The van der Waals surface area contributed by atoms with Crippen molar-refractivity contribution in [2.24, 2.45) is 5.41 Å². The van der Waals surface area contributed by atoms with Crippen LogP contribution in [0.2, 0.25) is 0 Å². The zero-order chi connectivity index (χ0) is 14.3. The third kappa shape index (κ3) is 2.47. The van der Waals surface area contributed by atoms with Gasteiger partial charge < -0.3 is 4.74 Å². The Bertz CT molecular complexity index is 608. The van der Waals surface area contributed by atoms with Crippen LogP contribution >= 0.6 is 15.9 Å². The number of benzene rings is 1. The molecule has 0 saturated heterocycles. The molecule has 0 spiro atoms. The third-order valence-corrected chi connectivity index (χ3v) is 4.43. The van der Waals surface area contributed by atoms with Gasteiger partial charge in [-0.2, -0.15) is 0 Å². The second kappa shape index (κ2) is 4.88. The Kier molecular flexibility index (Phi) is 3.33. The van der Waals surface area contributed by atoms with Gasteiger partial charge in [-0.3, -0.25) is 4.79 Å². The molecule has 1 aromatic carbocycles. The van der Waals surface area contributed by atoms with Gasteiger partial charge in [-0.1, -0.05) is 41.9 Å². The highest BCUT2D eigenvalue weighted by Gasteiger charge is 2.38. The van der Waals surface area contributed by atoms with Gasteiger partial charge in [-0.15, -0.1) is 0 Å². The van der Waals surface area contributed by atoms with Crippen LogP contribution < -0.4 is 0 Å². The number of Topliss-reactive ketones (excluding diaryl/α,β-unsaturated/α-hetero) is 1. The second-order valence-electron chi connectivity index (χ2n) is 6.25. The van der Waals surface area contributed by atoms with Crippen LogP contribution in [0.1, 0.15) is 38.2 Å². The van der Waals surface area contributed by atoms with Crippen molar-refractivity contribution in [3.8, 4) is 0 Å². The van der Waals surface area contributed by atoms with Crippen molar-refractivity contribution in [2.75, 3.05) is 0 Å². The van der Waals surface area contributed by atoms with Crippen LogP contribution in [0.5, 0.6) is 0 Å². The van der Waals surface area contributed by atoms with E-state index in [9.17, 15) is 4.79 Å². The van der Waals surface area contributed by atoms with E-state index >= 15 is 0 Å². The molecule has 1 aromatic rings. The lowest BCUT2D eigenvalue weighted by Crippen LogP contribution is -2.29. The number of hydrogen-bond acceptors (Lipinski definition) is 2. The van der Waals surface area contributed by atoms with Gasteiger partial charge in [-0.25, -0.2) is 0 Å². The van der Waals surface area contributed by atoms with Crippen molar-refractivity contribution in [1.82, 2.24) is 0 Å². The predicted octanol–water partition coefficient (Wildman–Crippen LogP) is 4.72. The van der Waals surface area contributed by atoms with Gasteiger partial charge in [0, 0.05) is 28.8 Å². The van der Waals surface area contributed by atoms with Gasteiger partial charge in [-0.05, 0) is 29.2 Å². The van der Waals surface area contributed by atoms with Gasteiger partial charge in [0.25, 0.3) is 0 Å². The van der Waals surface area contributed by atoms with Crippen LogP contribution in [0, 0.1) is 5.41 Å².